The van der Waals surface area contributed by atoms with Gasteiger partial charge in [-0.25, -0.2) is 13.6 Å². The number of carboxylic acids is 1. The lowest BCUT2D eigenvalue weighted by Crippen LogP contribution is -2.45. The van der Waals surface area contributed by atoms with Gasteiger partial charge in [0.25, 0.3) is 0 Å². The molecule has 0 bridgehead atoms. The molecule has 0 spiro atoms. The summed E-state index contributed by atoms with van der Waals surface area (Å²) in [5, 5.41) is 11.5. The molecule has 0 aliphatic heterocycles. The fourth-order valence-electron chi connectivity index (χ4n) is 2.28. The summed E-state index contributed by atoms with van der Waals surface area (Å²) >= 11 is 0. The number of carboxylic acid groups (broad SMARTS) is 1. The van der Waals surface area contributed by atoms with E-state index in [2.05, 4.69) is 5.32 Å². The highest BCUT2D eigenvalue weighted by Gasteiger charge is 2.38. The number of hydrogen-bond acceptors (Lipinski definition) is 3. The fourth-order valence-corrected chi connectivity index (χ4v) is 2.28. The minimum Gasteiger partial charge on any atom is -0.480 e. The number of hydrogen-bond donors (Lipinski definition) is 2. The molecule has 0 aromatic heterocycles. The average Bonchev–Trinajstić information content (AvgIpc) is 2.37. The van der Waals surface area contributed by atoms with E-state index in [4.69, 9.17) is 9.84 Å². The first-order valence-electron chi connectivity index (χ1n) is 6.75. The second kappa shape index (κ2) is 7.52. The van der Waals surface area contributed by atoms with Gasteiger partial charge in [-0.15, -0.1) is 0 Å². The van der Waals surface area contributed by atoms with Gasteiger partial charge in [-0.3, -0.25) is 4.79 Å². The van der Waals surface area contributed by atoms with E-state index in [1.165, 1.54) is 7.11 Å². The predicted octanol–water partition coefficient (Wildman–Crippen LogP) is 1.81. The third-order valence-corrected chi connectivity index (χ3v) is 3.54. The Morgan fingerprint density at radius 3 is 2.50 bits per heavy atom. The van der Waals surface area contributed by atoms with E-state index >= 15 is 0 Å². The van der Waals surface area contributed by atoms with Crippen molar-refractivity contribution in [3.05, 3.63) is 0 Å². The molecule has 0 heterocycles. The van der Waals surface area contributed by atoms with Crippen molar-refractivity contribution >= 4 is 11.9 Å². The Kier molecular flexibility index (Phi) is 6.32. The van der Waals surface area contributed by atoms with E-state index in [1.54, 1.807) is 0 Å². The number of carbonyl (C=O) groups is 2. The SMILES string of the molecule is COCCCC(NC(=O)C1CCC(F)(F)CC1)C(=O)O. The summed E-state index contributed by atoms with van der Waals surface area (Å²) in [6, 6.07) is -0.986. The molecule has 7 heteroatoms. The molecule has 1 aliphatic carbocycles. The van der Waals surface area contributed by atoms with Crippen LogP contribution in [0.25, 0.3) is 0 Å². The van der Waals surface area contributed by atoms with Gasteiger partial charge >= 0.3 is 5.97 Å². The van der Waals surface area contributed by atoms with Gasteiger partial charge in [-0.1, -0.05) is 0 Å². The number of halogens is 2. The van der Waals surface area contributed by atoms with Crippen molar-refractivity contribution in [1.29, 1.82) is 0 Å². The predicted molar refractivity (Wildman–Crippen MR) is 67.6 cm³/mol. The lowest BCUT2D eigenvalue weighted by Gasteiger charge is -2.28. The summed E-state index contributed by atoms with van der Waals surface area (Å²) in [5.74, 6) is -4.76. The number of nitrogens with one attached hydrogen (secondary N) is 1. The highest BCUT2D eigenvalue weighted by atomic mass is 19.3. The maximum Gasteiger partial charge on any atom is 0.326 e. The summed E-state index contributed by atoms with van der Waals surface area (Å²) in [5.41, 5.74) is 0. The number of rotatable bonds is 7. The van der Waals surface area contributed by atoms with E-state index in [9.17, 15) is 18.4 Å². The minimum atomic E-state index is -2.69. The monoisotopic (exact) mass is 293 g/mol. The van der Waals surface area contributed by atoms with Crippen molar-refractivity contribution in [1.82, 2.24) is 5.32 Å². The van der Waals surface area contributed by atoms with Crippen molar-refractivity contribution < 1.29 is 28.2 Å². The minimum absolute atomic E-state index is 0.100. The molecule has 2 N–H and O–H groups in total. The maximum absolute atomic E-state index is 13.0. The molecule has 1 fully saturated rings. The van der Waals surface area contributed by atoms with Crippen LogP contribution in [0.3, 0.4) is 0 Å². The van der Waals surface area contributed by atoms with Crippen molar-refractivity contribution in [3.8, 4) is 0 Å². The smallest absolute Gasteiger partial charge is 0.326 e. The molecule has 0 saturated heterocycles. The van der Waals surface area contributed by atoms with Gasteiger partial charge < -0.3 is 15.2 Å². The van der Waals surface area contributed by atoms with Crippen LogP contribution < -0.4 is 5.32 Å². The molecule has 1 aliphatic rings. The number of carbonyl (C=O) groups excluding carboxylic acids is 1. The molecule has 1 atom stereocenters. The number of alkyl halides is 2. The first-order valence-corrected chi connectivity index (χ1v) is 6.75. The second-order valence-corrected chi connectivity index (χ2v) is 5.16. The third-order valence-electron chi connectivity index (χ3n) is 3.54. The number of amides is 1. The van der Waals surface area contributed by atoms with Crippen molar-refractivity contribution in [3.63, 3.8) is 0 Å². The van der Waals surface area contributed by atoms with E-state index in [1.807, 2.05) is 0 Å². The Bertz CT molecular complexity index is 339. The van der Waals surface area contributed by atoms with Gasteiger partial charge in [0.05, 0.1) is 0 Å². The van der Waals surface area contributed by atoms with Crippen LogP contribution in [-0.4, -0.2) is 42.7 Å². The quantitative estimate of drug-likeness (QED) is 0.702. The molecule has 0 aromatic rings. The van der Waals surface area contributed by atoms with Gasteiger partial charge in [0.2, 0.25) is 11.8 Å². The maximum atomic E-state index is 13.0. The van der Waals surface area contributed by atoms with Crippen molar-refractivity contribution in [2.24, 2.45) is 5.92 Å². The molecule has 1 unspecified atom stereocenters. The van der Waals surface area contributed by atoms with Gasteiger partial charge in [-0.2, -0.15) is 0 Å². The normalized spacial score (nSPS) is 20.4. The van der Waals surface area contributed by atoms with Crippen LogP contribution in [0, 0.1) is 5.92 Å². The Morgan fingerprint density at radius 2 is 2.00 bits per heavy atom. The molecule has 1 amide bonds. The Balaban J connectivity index is 2.44. The topological polar surface area (TPSA) is 75.6 Å². The molecule has 20 heavy (non-hydrogen) atoms. The van der Waals surface area contributed by atoms with Gasteiger partial charge in [0.15, 0.2) is 0 Å². The van der Waals surface area contributed by atoms with E-state index in [0.29, 0.717) is 13.0 Å². The largest absolute Gasteiger partial charge is 0.480 e. The summed E-state index contributed by atoms with van der Waals surface area (Å²) in [4.78, 5) is 22.9. The Morgan fingerprint density at radius 1 is 1.40 bits per heavy atom. The van der Waals surface area contributed by atoms with Crippen molar-refractivity contribution in [2.75, 3.05) is 13.7 Å². The average molecular weight is 293 g/mol. The first-order chi connectivity index (χ1) is 9.35. The first kappa shape index (κ1) is 16.8. The van der Waals surface area contributed by atoms with E-state index < -0.39 is 29.8 Å². The lowest BCUT2D eigenvalue weighted by atomic mass is 9.86. The fraction of sp³-hybridized carbons (Fsp3) is 0.846. The summed E-state index contributed by atoms with van der Waals surface area (Å²) < 4.78 is 30.8. The van der Waals surface area contributed by atoms with Crippen LogP contribution in [0.15, 0.2) is 0 Å². The van der Waals surface area contributed by atoms with Gasteiger partial charge in [0.1, 0.15) is 6.04 Å². The lowest BCUT2D eigenvalue weighted by molar-refractivity contribution is -0.143. The zero-order valence-corrected chi connectivity index (χ0v) is 11.5. The zero-order valence-electron chi connectivity index (χ0n) is 11.5. The third kappa shape index (κ3) is 5.40. The highest BCUT2D eigenvalue weighted by molar-refractivity contribution is 5.85. The molecular weight excluding hydrogens is 272 g/mol. The van der Waals surface area contributed by atoms with Crippen LogP contribution in [0.4, 0.5) is 8.78 Å². The highest BCUT2D eigenvalue weighted by Crippen LogP contribution is 2.36. The van der Waals surface area contributed by atoms with Crippen LogP contribution in [0.1, 0.15) is 38.5 Å². The van der Waals surface area contributed by atoms with Crippen LogP contribution in [-0.2, 0) is 14.3 Å². The Labute approximate surface area is 116 Å². The van der Waals surface area contributed by atoms with Gasteiger partial charge in [0, 0.05) is 32.5 Å². The van der Waals surface area contributed by atoms with E-state index in [-0.39, 0.29) is 32.1 Å². The summed E-state index contributed by atoms with van der Waals surface area (Å²) in [6.07, 6.45) is 0.347. The number of ether oxygens (including phenoxy) is 1. The molecular formula is C13H21F2NO4. The van der Waals surface area contributed by atoms with Gasteiger partial charge in [-0.05, 0) is 25.7 Å². The molecule has 116 valence electrons. The number of aliphatic carboxylic acids is 1. The molecule has 0 radical (unpaired) electrons. The van der Waals surface area contributed by atoms with E-state index in [0.717, 1.165) is 0 Å². The second-order valence-electron chi connectivity index (χ2n) is 5.16. The molecule has 1 saturated carbocycles. The standard InChI is InChI=1S/C13H21F2NO4/c1-20-8-2-3-10(12(18)19)16-11(17)9-4-6-13(14,15)7-5-9/h9-10H,2-8H2,1H3,(H,16,17)(H,18,19). The zero-order chi connectivity index (χ0) is 15.2. The molecule has 1 rings (SSSR count). The summed E-state index contributed by atoms with van der Waals surface area (Å²) in [7, 11) is 1.51. The Hall–Kier alpha value is -1.24. The molecule has 0 aromatic carbocycles. The molecule has 5 nitrogen and oxygen atoms in total. The van der Waals surface area contributed by atoms with Crippen LogP contribution >= 0.6 is 0 Å². The number of methoxy groups -OCH3 is 1. The van der Waals surface area contributed by atoms with Crippen molar-refractivity contribution in [2.45, 2.75) is 50.5 Å². The van der Waals surface area contributed by atoms with Crippen LogP contribution in [0.2, 0.25) is 0 Å². The van der Waals surface area contributed by atoms with Crippen LogP contribution in [0.5, 0.6) is 0 Å². The summed E-state index contributed by atoms with van der Waals surface area (Å²) in [6.45, 7) is 0.412.